The number of nitrogens with zero attached hydrogens (tertiary/aromatic N) is 1. The van der Waals surface area contributed by atoms with Crippen molar-refractivity contribution in [1.82, 2.24) is 25.9 Å². The van der Waals surface area contributed by atoms with Crippen molar-refractivity contribution < 1.29 is 24.3 Å². The Morgan fingerprint density at radius 2 is 1.69 bits per heavy atom. The van der Waals surface area contributed by atoms with E-state index in [1.54, 1.807) is 0 Å². The zero-order valence-electron chi connectivity index (χ0n) is 21.8. The van der Waals surface area contributed by atoms with Crippen LogP contribution in [0.2, 0.25) is 0 Å². The van der Waals surface area contributed by atoms with E-state index in [1.807, 2.05) is 27.7 Å². The van der Waals surface area contributed by atoms with Gasteiger partial charge < -0.3 is 37.5 Å². The van der Waals surface area contributed by atoms with Gasteiger partial charge in [-0.05, 0) is 37.6 Å². The molecule has 0 aromatic carbocycles. The number of carboxylic acid groups (broad SMARTS) is 1. The number of nitrogens with one attached hydrogen (secondary N) is 4. The fourth-order valence-electron chi connectivity index (χ4n) is 3.65. The topological polar surface area (TPSA) is 205 Å². The molecule has 0 aliphatic carbocycles. The number of imidazole rings is 1. The van der Waals surface area contributed by atoms with Gasteiger partial charge in [-0.3, -0.25) is 14.4 Å². The van der Waals surface area contributed by atoms with Gasteiger partial charge >= 0.3 is 5.97 Å². The number of aromatic nitrogens is 2. The highest BCUT2D eigenvalue weighted by Crippen LogP contribution is 2.12. The highest BCUT2D eigenvalue weighted by Gasteiger charge is 2.32. The number of hydrogen-bond donors (Lipinski definition) is 7. The molecule has 0 aliphatic rings. The molecule has 0 saturated heterocycles. The average Bonchev–Trinajstić information content (AvgIpc) is 3.33. The van der Waals surface area contributed by atoms with Gasteiger partial charge in [-0.25, -0.2) is 9.78 Å². The number of hydrogen-bond acceptors (Lipinski definition) is 7. The molecule has 9 N–H and O–H groups in total. The second-order valence-corrected chi connectivity index (χ2v) is 9.63. The second-order valence-electron chi connectivity index (χ2n) is 9.63. The Hall–Kier alpha value is -2.99. The van der Waals surface area contributed by atoms with Crippen molar-refractivity contribution in [3.05, 3.63) is 18.2 Å². The Morgan fingerprint density at radius 3 is 2.22 bits per heavy atom. The number of amides is 3. The Kier molecular flexibility index (Phi) is 13.7. The summed E-state index contributed by atoms with van der Waals surface area (Å²) in [6.45, 7) is 8.01. The highest BCUT2D eigenvalue weighted by molar-refractivity contribution is 5.94. The number of aromatic amines is 1. The number of carbonyl (C=O) groups is 4. The number of rotatable bonds is 17. The molecule has 5 atom stereocenters. The quantitative estimate of drug-likeness (QED) is 0.142. The average molecular weight is 510 g/mol. The molecule has 204 valence electrons. The summed E-state index contributed by atoms with van der Waals surface area (Å²) < 4.78 is 0. The van der Waals surface area contributed by atoms with Crippen LogP contribution in [0, 0.1) is 11.8 Å². The lowest BCUT2D eigenvalue weighted by Gasteiger charge is -2.28. The van der Waals surface area contributed by atoms with Crippen LogP contribution in [-0.2, 0) is 25.6 Å². The zero-order chi connectivity index (χ0) is 27.3. The van der Waals surface area contributed by atoms with Gasteiger partial charge in [-0.1, -0.05) is 40.5 Å². The maximum Gasteiger partial charge on any atom is 0.326 e. The van der Waals surface area contributed by atoms with Crippen molar-refractivity contribution in [2.75, 3.05) is 6.54 Å². The van der Waals surface area contributed by atoms with Gasteiger partial charge in [0.1, 0.15) is 18.1 Å². The predicted molar refractivity (Wildman–Crippen MR) is 136 cm³/mol. The van der Waals surface area contributed by atoms with Crippen molar-refractivity contribution in [3.63, 3.8) is 0 Å². The second kappa shape index (κ2) is 15.9. The van der Waals surface area contributed by atoms with Crippen LogP contribution in [0.25, 0.3) is 0 Å². The Bertz CT molecular complexity index is 831. The van der Waals surface area contributed by atoms with Gasteiger partial charge in [0.15, 0.2) is 0 Å². The van der Waals surface area contributed by atoms with Crippen molar-refractivity contribution in [2.24, 2.45) is 23.3 Å². The molecule has 0 spiro atoms. The summed E-state index contributed by atoms with van der Waals surface area (Å²) in [4.78, 5) is 57.4. The minimum atomic E-state index is -1.21. The van der Waals surface area contributed by atoms with Gasteiger partial charge in [-0.15, -0.1) is 0 Å². The van der Waals surface area contributed by atoms with Gasteiger partial charge in [0.05, 0.1) is 12.4 Å². The molecule has 0 bridgehead atoms. The standard InChI is InChI=1S/C24H43N7O5/c1-5-15(4)20(31-21(32)17(26)8-6-7-9-25)23(34)29-18(10-14(2)3)22(33)30-19(24(35)36)11-16-12-27-13-28-16/h12-15,17-20H,5-11,25-26H2,1-4H3,(H,27,28)(H,29,34)(H,30,33)(H,31,32)(H,35,36). The summed E-state index contributed by atoms with van der Waals surface area (Å²) in [6, 6.07) is -3.86. The van der Waals surface area contributed by atoms with E-state index >= 15 is 0 Å². The third kappa shape index (κ3) is 10.7. The van der Waals surface area contributed by atoms with E-state index in [4.69, 9.17) is 11.5 Å². The smallest absolute Gasteiger partial charge is 0.326 e. The monoisotopic (exact) mass is 509 g/mol. The first-order valence-electron chi connectivity index (χ1n) is 12.6. The van der Waals surface area contributed by atoms with Gasteiger partial charge in [0.2, 0.25) is 17.7 Å². The number of aliphatic carboxylic acids is 1. The van der Waals surface area contributed by atoms with Gasteiger partial charge in [0.25, 0.3) is 0 Å². The van der Waals surface area contributed by atoms with E-state index in [2.05, 4.69) is 25.9 Å². The molecule has 1 rings (SSSR count). The summed E-state index contributed by atoms with van der Waals surface area (Å²) in [6.07, 6.45) is 5.70. The highest BCUT2D eigenvalue weighted by atomic mass is 16.4. The molecule has 1 aromatic heterocycles. The molecule has 0 aliphatic heterocycles. The number of H-pyrrole nitrogens is 1. The van der Waals surface area contributed by atoms with Crippen LogP contribution in [-0.4, -0.2) is 69.5 Å². The first kappa shape index (κ1) is 31.0. The SMILES string of the molecule is CCC(C)C(NC(=O)C(N)CCCCN)C(=O)NC(CC(C)C)C(=O)NC(Cc1cnc[nH]1)C(=O)O. The number of unbranched alkanes of at least 4 members (excludes halogenated alkanes) is 1. The lowest BCUT2D eigenvalue weighted by Crippen LogP contribution is -2.59. The number of carboxylic acids is 1. The molecule has 12 heteroatoms. The Labute approximate surface area is 212 Å². The van der Waals surface area contributed by atoms with E-state index in [-0.39, 0.29) is 24.7 Å². The molecular formula is C24H43N7O5. The molecule has 0 radical (unpaired) electrons. The lowest BCUT2D eigenvalue weighted by atomic mass is 9.96. The first-order valence-corrected chi connectivity index (χ1v) is 12.6. The minimum Gasteiger partial charge on any atom is -0.480 e. The van der Waals surface area contributed by atoms with E-state index in [1.165, 1.54) is 12.5 Å². The third-order valence-electron chi connectivity index (χ3n) is 6.03. The van der Waals surface area contributed by atoms with Crippen LogP contribution in [0.5, 0.6) is 0 Å². The largest absolute Gasteiger partial charge is 0.480 e. The first-order chi connectivity index (χ1) is 17.0. The van der Waals surface area contributed by atoms with Crippen LogP contribution < -0.4 is 27.4 Å². The van der Waals surface area contributed by atoms with Crippen LogP contribution >= 0.6 is 0 Å². The normalized spacial score (nSPS) is 15.4. The van der Waals surface area contributed by atoms with Crippen molar-refractivity contribution in [3.8, 4) is 0 Å². The van der Waals surface area contributed by atoms with Crippen LogP contribution in [0.1, 0.15) is 65.5 Å². The maximum absolute atomic E-state index is 13.2. The van der Waals surface area contributed by atoms with E-state index < -0.39 is 47.9 Å². The van der Waals surface area contributed by atoms with Crippen LogP contribution in [0.4, 0.5) is 0 Å². The van der Waals surface area contributed by atoms with Gasteiger partial charge in [0, 0.05) is 18.3 Å². The summed E-state index contributed by atoms with van der Waals surface area (Å²) in [5, 5.41) is 17.6. The van der Waals surface area contributed by atoms with Crippen LogP contribution in [0.15, 0.2) is 12.5 Å². The third-order valence-corrected chi connectivity index (χ3v) is 6.03. The summed E-state index contributed by atoms with van der Waals surface area (Å²) in [5.74, 6) is -2.97. The van der Waals surface area contributed by atoms with E-state index in [9.17, 15) is 24.3 Å². The van der Waals surface area contributed by atoms with Crippen molar-refractivity contribution >= 4 is 23.7 Å². The molecule has 1 aromatic rings. The summed E-state index contributed by atoms with van der Waals surface area (Å²) >= 11 is 0. The molecule has 36 heavy (non-hydrogen) atoms. The minimum absolute atomic E-state index is 0.0109. The molecular weight excluding hydrogens is 466 g/mol. The molecule has 12 nitrogen and oxygen atoms in total. The van der Waals surface area contributed by atoms with Gasteiger partial charge in [-0.2, -0.15) is 0 Å². The Morgan fingerprint density at radius 1 is 1.03 bits per heavy atom. The maximum atomic E-state index is 13.2. The predicted octanol–water partition coefficient (Wildman–Crippen LogP) is 0.0397. The fraction of sp³-hybridized carbons (Fsp3) is 0.708. The number of carbonyl (C=O) groups excluding carboxylic acids is 3. The molecule has 1 heterocycles. The summed E-state index contributed by atoms with van der Waals surface area (Å²) in [7, 11) is 0. The Balaban J connectivity index is 2.95. The van der Waals surface area contributed by atoms with E-state index in [0.717, 1.165) is 6.42 Å². The van der Waals surface area contributed by atoms with E-state index in [0.29, 0.717) is 31.5 Å². The molecule has 3 amide bonds. The lowest BCUT2D eigenvalue weighted by molar-refractivity contribution is -0.142. The molecule has 0 fully saturated rings. The zero-order valence-corrected chi connectivity index (χ0v) is 21.8. The summed E-state index contributed by atoms with van der Waals surface area (Å²) in [5.41, 5.74) is 12.0. The van der Waals surface area contributed by atoms with Crippen molar-refractivity contribution in [1.29, 1.82) is 0 Å². The fourth-order valence-corrected chi connectivity index (χ4v) is 3.65. The van der Waals surface area contributed by atoms with Crippen LogP contribution in [0.3, 0.4) is 0 Å². The van der Waals surface area contributed by atoms with Crippen molar-refractivity contribution in [2.45, 2.75) is 90.4 Å². The molecule has 0 saturated carbocycles. The molecule has 5 unspecified atom stereocenters. The number of nitrogens with two attached hydrogens (primary N) is 2.